The molecule has 0 aliphatic rings. The van der Waals surface area contributed by atoms with Gasteiger partial charge in [0, 0.05) is 27.3 Å². The van der Waals surface area contributed by atoms with Crippen LogP contribution in [0.4, 0.5) is 23.0 Å². The Morgan fingerprint density at radius 1 is 1.11 bits per heavy atom. The van der Waals surface area contributed by atoms with Crippen molar-refractivity contribution in [2.24, 2.45) is 0 Å². The molecule has 1 N–H and O–H groups in total. The lowest BCUT2D eigenvalue weighted by Gasteiger charge is -2.23. The monoisotopic (exact) mass is 377 g/mol. The Hall–Kier alpha value is -2.98. The van der Waals surface area contributed by atoms with Crippen molar-refractivity contribution in [1.29, 1.82) is 0 Å². The summed E-state index contributed by atoms with van der Waals surface area (Å²) >= 11 is 0. The average molecular weight is 377 g/mol. The van der Waals surface area contributed by atoms with Gasteiger partial charge in [-0.2, -0.15) is 0 Å². The number of benzene rings is 1. The van der Waals surface area contributed by atoms with E-state index in [0.29, 0.717) is 37.7 Å². The molecule has 0 saturated carbocycles. The lowest BCUT2D eigenvalue weighted by atomic mass is 10.3. The van der Waals surface area contributed by atoms with Crippen molar-refractivity contribution < 1.29 is 19.1 Å². The molecule has 0 aliphatic carbocycles. The molecule has 0 radical (unpaired) electrons. The highest BCUT2D eigenvalue weighted by molar-refractivity contribution is 5.76. The van der Waals surface area contributed by atoms with Crippen molar-refractivity contribution >= 4 is 23.0 Å². The number of anilines is 3. The molecule has 10 nitrogen and oxygen atoms in total. The van der Waals surface area contributed by atoms with Crippen molar-refractivity contribution in [2.75, 3.05) is 57.8 Å². The van der Waals surface area contributed by atoms with Crippen molar-refractivity contribution in [1.82, 2.24) is 9.97 Å². The zero-order valence-corrected chi connectivity index (χ0v) is 15.5. The van der Waals surface area contributed by atoms with Gasteiger partial charge in [-0.15, -0.1) is 0 Å². The highest BCUT2D eigenvalue weighted by atomic mass is 16.6. The van der Waals surface area contributed by atoms with Crippen molar-refractivity contribution in [3.63, 3.8) is 0 Å². The molecule has 1 aromatic heterocycles. The Morgan fingerprint density at radius 2 is 1.78 bits per heavy atom. The van der Waals surface area contributed by atoms with Crippen LogP contribution in [0.2, 0.25) is 0 Å². The van der Waals surface area contributed by atoms with Gasteiger partial charge in [-0.1, -0.05) is 12.1 Å². The fraction of sp³-hybridized carbons (Fsp3) is 0.412. The van der Waals surface area contributed by atoms with E-state index < -0.39 is 4.92 Å². The summed E-state index contributed by atoms with van der Waals surface area (Å²) in [7, 11) is 4.66. The SMILES string of the molecule is COCCN(CCOC)c1ncnc(Nc2ccccc2OC)c1[N+](=O)[O-]. The molecule has 1 aromatic carbocycles. The number of aromatic nitrogens is 2. The van der Waals surface area contributed by atoms with Crippen LogP contribution in [0, 0.1) is 10.1 Å². The van der Waals surface area contributed by atoms with E-state index in [0.717, 1.165) is 0 Å². The number of hydrogen-bond donors (Lipinski definition) is 1. The third-order valence-corrected chi connectivity index (χ3v) is 3.78. The number of ether oxygens (including phenoxy) is 3. The molecular weight excluding hydrogens is 354 g/mol. The molecule has 0 unspecified atom stereocenters. The van der Waals surface area contributed by atoms with Gasteiger partial charge in [-0.05, 0) is 12.1 Å². The Balaban J connectivity index is 2.44. The highest BCUT2D eigenvalue weighted by Gasteiger charge is 2.27. The van der Waals surface area contributed by atoms with Gasteiger partial charge in [-0.3, -0.25) is 10.1 Å². The topological polar surface area (TPSA) is 112 Å². The van der Waals surface area contributed by atoms with Crippen LogP contribution in [-0.2, 0) is 9.47 Å². The summed E-state index contributed by atoms with van der Waals surface area (Å²) in [6, 6.07) is 7.10. The summed E-state index contributed by atoms with van der Waals surface area (Å²) in [5.74, 6) is 0.818. The zero-order valence-electron chi connectivity index (χ0n) is 15.5. The lowest BCUT2D eigenvalue weighted by Crippen LogP contribution is -2.32. The summed E-state index contributed by atoms with van der Waals surface area (Å²) in [5, 5.41) is 14.8. The van der Waals surface area contributed by atoms with Gasteiger partial charge in [0.2, 0.25) is 11.6 Å². The molecule has 0 aliphatic heterocycles. The second-order valence-electron chi connectivity index (χ2n) is 5.45. The molecule has 0 amide bonds. The molecule has 1 heterocycles. The highest BCUT2D eigenvalue weighted by Crippen LogP contribution is 2.35. The fourth-order valence-corrected chi connectivity index (χ4v) is 2.46. The van der Waals surface area contributed by atoms with Crippen LogP contribution in [0.1, 0.15) is 0 Å². The van der Waals surface area contributed by atoms with E-state index in [1.807, 2.05) is 0 Å². The van der Waals surface area contributed by atoms with Crippen LogP contribution in [0.15, 0.2) is 30.6 Å². The van der Waals surface area contributed by atoms with Crippen LogP contribution in [-0.4, -0.2) is 62.5 Å². The van der Waals surface area contributed by atoms with E-state index in [1.165, 1.54) is 13.4 Å². The largest absolute Gasteiger partial charge is 0.495 e. The van der Waals surface area contributed by atoms with Gasteiger partial charge < -0.3 is 24.4 Å². The molecule has 0 spiro atoms. The van der Waals surface area contributed by atoms with Crippen LogP contribution >= 0.6 is 0 Å². The number of rotatable bonds is 11. The third-order valence-electron chi connectivity index (χ3n) is 3.78. The van der Waals surface area contributed by atoms with Gasteiger partial charge in [0.1, 0.15) is 12.1 Å². The normalized spacial score (nSPS) is 10.5. The van der Waals surface area contributed by atoms with Crippen LogP contribution in [0.3, 0.4) is 0 Å². The molecule has 0 fully saturated rings. The summed E-state index contributed by atoms with van der Waals surface area (Å²) in [6.07, 6.45) is 1.28. The maximum atomic E-state index is 11.8. The average Bonchev–Trinajstić information content (AvgIpc) is 2.68. The Kier molecular flexibility index (Phi) is 7.71. The Morgan fingerprint density at radius 3 is 2.37 bits per heavy atom. The Bertz CT molecular complexity index is 750. The van der Waals surface area contributed by atoms with Gasteiger partial charge >= 0.3 is 5.69 Å². The summed E-state index contributed by atoms with van der Waals surface area (Å²) in [6.45, 7) is 1.62. The maximum Gasteiger partial charge on any atom is 0.353 e. The summed E-state index contributed by atoms with van der Waals surface area (Å²) in [5.41, 5.74) is 0.337. The third kappa shape index (κ3) is 5.25. The van der Waals surface area contributed by atoms with Gasteiger partial charge in [-0.25, -0.2) is 9.97 Å². The van der Waals surface area contributed by atoms with Gasteiger partial charge in [0.15, 0.2) is 0 Å². The molecule has 10 heteroatoms. The summed E-state index contributed by atoms with van der Waals surface area (Å²) in [4.78, 5) is 21.2. The molecule has 2 aromatic rings. The zero-order chi connectivity index (χ0) is 19.6. The first-order valence-electron chi connectivity index (χ1n) is 8.24. The molecule has 0 atom stereocenters. The number of nitro groups is 1. The number of hydrogen-bond acceptors (Lipinski definition) is 9. The molecule has 0 bridgehead atoms. The minimum atomic E-state index is -0.500. The summed E-state index contributed by atoms with van der Waals surface area (Å²) < 4.78 is 15.5. The smallest absolute Gasteiger partial charge is 0.353 e. The van der Waals surface area contributed by atoms with E-state index in [9.17, 15) is 10.1 Å². The number of methoxy groups -OCH3 is 3. The van der Waals surface area contributed by atoms with Crippen LogP contribution in [0.25, 0.3) is 0 Å². The predicted molar refractivity (Wildman–Crippen MR) is 101 cm³/mol. The molecule has 146 valence electrons. The molecule has 2 rings (SSSR count). The van der Waals surface area contributed by atoms with E-state index >= 15 is 0 Å². The quantitative estimate of drug-likeness (QED) is 0.465. The first-order chi connectivity index (χ1) is 13.1. The van der Waals surface area contributed by atoms with E-state index in [1.54, 1.807) is 43.4 Å². The maximum absolute atomic E-state index is 11.8. The van der Waals surface area contributed by atoms with Crippen LogP contribution in [0.5, 0.6) is 5.75 Å². The van der Waals surface area contributed by atoms with Crippen molar-refractivity contribution in [3.8, 4) is 5.75 Å². The van der Waals surface area contributed by atoms with Gasteiger partial charge in [0.05, 0.1) is 30.9 Å². The van der Waals surface area contributed by atoms with Gasteiger partial charge in [0.25, 0.3) is 0 Å². The fourth-order valence-electron chi connectivity index (χ4n) is 2.46. The van der Waals surface area contributed by atoms with E-state index in [4.69, 9.17) is 14.2 Å². The lowest BCUT2D eigenvalue weighted by molar-refractivity contribution is -0.383. The minimum absolute atomic E-state index is 0.0781. The number of para-hydroxylation sites is 2. The second-order valence-corrected chi connectivity index (χ2v) is 5.45. The molecular formula is C17H23N5O5. The van der Waals surface area contributed by atoms with Crippen molar-refractivity contribution in [2.45, 2.75) is 0 Å². The molecule has 0 saturated heterocycles. The van der Waals surface area contributed by atoms with Crippen LogP contribution < -0.4 is 15.0 Å². The Labute approximate surface area is 157 Å². The standard InChI is InChI=1S/C17H23N5O5/c1-25-10-8-21(9-11-26-2)17-15(22(23)24)16(18-12-19-17)20-13-6-4-5-7-14(13)27-3/h4-7,12H,8-11H2,1-3H3,(H,18,19,20). The number of nitrogens with zero attached hydrogens (tertiary/aromatic N) is 4. The van der Waals surface area contributed by atoms with Crippen molar-refractivity contribution in [3.05, 3.63) is 40.7 Å². The first kappa shape index (κ1) is 20.3. The second kappa shape index (κ2) is 10.2. The number of nitrogens with one attached hydrogen (secondary N) is 1. The van der Waals surface area contributed by atoms with E-state index in [-0.39, 0.29) is 17.3 Å². The minimum Gasteiger partial charge on any atom is -0.495 e. The predicted octanol–water partition coefficient (Wildman–Crippen LogP) is 2.24. The first-order valence-corrected chi connectivity index (χ1v) is 8.24. The van der Waals surface area contributed by atoms with E-state index in [2.05, 4.69) is 15.3 Å². The molecule has 27 heavy (non-hydrogen) atoms.